The van der Waals surface area contributed by atoms with Gasteiger partial charge in [-0.15, -0.1) is 0 Å². The Labute approximate surface area is 131 Å². The summed E-state index contributed by atoms with van der Waals surface area (Å²) in [4.78, 5) is 47.5. The van der Waals surface area contributed by atoms with Crippen LogP contribution in [0.1, 0.15) is 32.6 Å². The summed E-state index contributed by atoms with van der Waals surface area (Å²) in [5.74, 6) is 0.122. The van der Waals surface area contributed by atoms with Gasteiger partial charge in [0.2, 0.25) is 5.91 Å². The number of hydrogen-bond donors (Lipinski definition) is 1. The molecular weight excluding hydrogens is 316 g/mol. The van der Waals surface area contributed by atoms with Gasteiger partial charge in [0.05, 0.1) is 6.42 Å². The number of carbonyl (C=O) groups excluding carboxylic acids is 4. The van der Waals surface area contributed by atoms with Crippen LogP contribution in [-0.2, 0) is 24.0 Å². The molecule has 7 nitrogen and oxygen atoms in total. The first-order chi connectivity index (χ1) is 10.1. The summed E-state index contributed by atoms with van der Waals surface area (Å²) in [6, 6.07) is 0. The summed E-state index contributed by atoms with van der Waals surface area (Å²) < 4.78 is 0. The number of rotatable bonds is 11. The van der Waals surface area contributed by atoms with Gasteiger partial charge in [-0.1, -0.05) is 21.6 Å². The van der Waals surface area contributed by atoms with Gasteiger partial charge >= 0.3 is 5.97 Å². The first-order valence-corrected chi connectivity index (χ1v) is 8.91. The fourth-order valence-electron chi connectivity index (χ4n) is 1.04. The molecule has 0 saturated carbocycles. The van der Waals surface area contributed by atoms with Crippen LogP contribution in [-0.4, -0.2) is 42.1 Å². The van der Waals surface area contributed by atoms with Gasteiger partial charge in [0.25, 0.3) is 5.91 Å². The number of hydroxylamine groups is 1. The molecule has 0 bridgehead atoms. The lowest BCUT2D eigenvalue weighted by atomic mass is 10.2. The zero-order valence-electron chi connectivity index (χ0n) is 11.8. The lowest BCUT2D eigenvalue weighted by Crippen LogP contribution is -2.22. The van der Waals surface area contributed by atoms with Crippen LogP contribution in [0.15, 0.2) is 0 Å². The van der Waals surface area contributed by atoms with E-state index in [-0.39, 0.29) is 18.7 Å². The highest BCUT2D eigenvalue weighted by atomic mass is 33.1. The van der Waals surface area contributed by atoms with Crippen LogP contribution in [0.5, 0.6) is 0 Å². The summed E-state index contributed by atoms with van der Waals surface area (Å²) in [6.45, 7) is 2.04. The van der Waals surface area contributed by atoms with E-state index in [4.69, 9.17) is 0 Å². The maximum Gasteiger partial charge on any atom is 0.336 e. The van der Waals surface area contributed by atoms with Crippen molar-refractivity contribution in [1.82, 2.24) is 10.8 Å². The predicted octanol–water partition coefficient (Wildman–Crippen LogP) is 0.852. The molecular formula is C12H19N2O5S2. The third kappa shape index (κ3) is 15.0. The van der Waals surface area contributed by atoms with Crippen molar-refractivity contribution in [3.8, 4) is 0 Å². The lowest BCUT2D eigenvalue weighted by molar-refractivity contribution is -0.158. The van der Waals surface area contributed by atoms with E-state index in [1.807, 2.05) is 0 Å². The van der Waals surface area contributed by atoms with Crippen molar-refractivity contribution in [1.29, 1.82) is 0 Å². The molecule has 0 rings (SSSR count). The Morgan fingerprint density at radius 2 is 1.90 bits per heavy atom. The second-order valence-electron chi connectivity index (χ2n) is 3.88. The van der Waals surface area contributed by atoms with E-state index in [1.165, 1.54) is 28.5 Å². The first kappa shape index (κ1) is 19.8. The normalized spacial score (nSPS) is 9.76. The van der Waals surface area contributed by atoms with Gasteiger partial charge < -0.3 is 14.9 Å². The van der Waals surface area contributed by atoms with Gasteiger partial charge in [0.15, 0.2) is 0 Å². The van der Waals surface area contributed by atoms with Gasteiger partial charge in [-0.25, -0.2) is 4.79 Å². The molecule has 0 unspecified atom stereocenters. The van der Waals surface area contributed by atoms with Crippen molar-refractivity contribution in [2.75, 3.05) is 18.1 Å². The molecule has 21 heavy (non-hydrogen) atoms. The molecule has 0 aromatic rings. The molecule has 0 atom stereocenters. The minimum atomic E-state index is -0.561. The third-order valence-electron chi connectivity index (χ3n) is 1.99. The quantitative estimate of drug-likeness (QED) is 0.258. The highest BCUT2D eigenvalue weighted by molar-refractivity contribution is 8.76. The van der Waals surface area contributed by atoms with E-state index in [0.717, 1.165) is 12.0 Å². The molecule has 0 fully saturated rings. The number of nitrogens with zero attached hydrogens (tertiary/aromatic N) is 1. The third-order valence-corrected chi connectivity index (χ3v) is 4.40. The van der Waals surface area contributed by atoms with Crippen LogP contribution < -0.4 is 10.8 Å². The molecule has 119 valence electrons. The van der Waals surface area contributed by atoms with E-state index >= 15 is 0 Å². The van der Waals surface area contributed by atoms with Crippen LogP contribution in [0.2, 0.25) is 0 Å². The molecule has 2 amide bonds. The van der Waals surface area contributed by atoms with E-state index in [1.54, 1.807) is 0 Å². The van der Waals surface area contributed by atoms with Crippen LogP contribution in [0.25, 0.3) is 0 Å². The highest BCUT2D eigenvalue weighted by Crippen LogP contribution is 2.21. The Morgan fingerprint density at radius 1 is 1.19 bits per heavy atom. The standard InChI is InChI=1S/C12H19N2O5S2/c1-10(16)13-6-9-21-20-8-5-12(18)19-14-11(17)4-2-3-7-15/h7H,2-6,8-9H2,1H3,(H,13,16). The Hall–Kier alpha value is -1.22. The van der Waals surface area contributed by atoms with Crippen molar-refractivity contribution in [3.05, 3.63) is 0 Å². The smallest absolute Gasteiger partial charge is 0.336 e. The van der Waals surface area contributed by atoms with Crippen molar-refractivity contribution in [2.24, 2.45) is 0 Å². The summed E-state index contributed by atoms with van der Waals surface area (Å²) in [5.41, 5.74) is 3.18. The van der Waals surface area contributed by atoms with Crippen molar-refractivity contribution in [2.45, 2.75) is 32.6 Å². The second-order valence-corrected chi connectivity index (χ2v) is 6.59. The Morgan fingerprint density at radius 3 is 2.57 bits per heavy atom. The molecule has 0 aromatic carbocycles. The molecule has 0 saturated heterocycles. The average molecular weight is 335 g/mol. The fraction of sp³-hybridized carbons (Fsp3) is 0.667. The summed E-state index contributed by atoms with van der Waals surface area (Å²) in [7, 11) is 3.02. The van der Waals surface area contributed by atoms with Gasteiger partial charge in [0, 0.05) is 37.8 Å². The largest absolute Gasteiger partial charge is 0.355 e. The SMILES string of the molecule is CC(=O)NCCSSCCC(=O)O[N]C(=O)CCCC=O. The zero-order valence-corrected chi connectivity index (χ0v) is 13.5. The van der Waals surface area contributed by atoms with Crippen molar-refractivity contribution >= 4 is 45.7 Å². The number of unbranched alkanes of at least 4 members (excludes halogenated alkanes) is 1. The van der Waals surface area contributed by atoms with Gasteiger partial charge in [-0.2, -0.15) is 0 Å². The van der Waals surface area contributed by atoms with Crippen molar-refractivity contribution < 1.29 is 24.0 Å². The topological polar surface area (TPSA) is 104 Å². The Bertz CT molecular complexity index is 353. The fourth-order valence-corrected chi connectivity index (χ4v) is 2.92. The number of nitrogens with one attached hydrogen (secondary N) is 1. The number of carbonyl (C=O) groups is 4. The average Bonchev–Trinajstić information content (AvgIpc) is 2.44. The number of amides is 2. The summed E-state index contributed by atoms with van der Waals surface area (Å²) in [5, 5.41) is 2.66. The lowest BCUT2D eigenvalue weighted by Gasteiger charge is -2.03. The molecule has 0 aliphatic rings. The second kappa shape index (κ2) is 13.7. The van der Waals surface area contributed by atoms with E-state index < -0.39 is 11.9 Å². The van der Waals surface area contributed by atoms with E-state index in [9.17, 15) is 19.2 Å². The molecule has 9 heteroatoms. The molecule has 0 spiro atoms. The minimum Gasteiger partial charge on any atom is -0.355 e. The minimum absolute atomic E-state index is 0.0661. The Kier molecular flexibility index (Phi) is 13.0. The first-order valence-electron chi connectivity index (χ1n) is 6.42. The monoisotopic (exact) mass is 335 g/mol. The molecule has 0 aliphatic heterocycles. The molecule has 1 N–H and O–H groups in total. The van der Waals surface area contributed by atoms with Gasteiger partial charge in [0.1, 0.15) is 6.29 Å². The predicted molar refractivity (Wildman–Crippen MR) is 81.4 cm³/mol. The van der Waals surface area contributed by atoms with Crippen LogP contribution >= 0.6 is 21.6 Å². The van der Waals surface area contributed by atoms with Gasteiger partial charge in [-0.3, -0.25) is 9.59 Å². The van der Waals surface area contributed by atoms with E-state index in [0.29, 0.717) is 25.1 Å². The summed E-state index contributed by atoms with van der Waals surface area (Å²) >= 11 is 0. The maximum absolute atomic E-state index is 11.3. The molecule has 0 aromatic heterocycles. The Balaban J connectivity index is 3.39. The van der Waals surface area contributed by atoms with Crippen LogP contribution in [0, 0.1) is 0 Å². The number of hydrogen-bond acceptors (Lipinski definition) is 7. The zero-order chi connectivity index (χ0) is 15.9. The van der Waals surface area contributed by atoms with Crippen LogP contribution in [0.4, 0.5) is 0 Å². The maximum atomic E-state index is 11.3. The highest BCUT2D eigenvalue weighted by Gasteiger charge is 2.09. The summed E-state index contributed by atoms with van der Waals surface area (Å²) in [6.07, 6.45) is 1.68. The van der Waals surface area contributed by atoms with E-state index in [2.05, 4.69) is 15.6 Å². The number of aldehydes is 1. The van der Waals surface area contributed by atoms with Crippen LogP contribution in [0.3, 0.4) is 0 Å². The van der Waals surface area contributed by atoms with Gasteiger partial charge in [-0.05, 0) is 11.9 Å². The van der Waals surface area contributed by atoms with Crippen molar-refractivity contribution in [3.63, 3.8) is 0 Å². The molecule has 0 heterocycles. The molecule has 0 aliphatic carbocycles. The molecule has 1 radical (unpaired) electrons.